The average molecular weight is 767 g/mol. The van der Waals surface area contributed by atoms with Crippen LogP contribution in [0.2, 0.25) is 0 Å². The lowest BCUT2D eigenvalue weighted by molar-refractivity contribution is -0.159. The van der Waals surface area contributed by atoms with Gasteiger partial charge in [0.2, 0.25) is 11.9 Å². The average Bonchev–Trinajstić information content (AvgIpc) is 3.89. The third-order valence-electron chi connectivity index (χ3n) is 10.3. The van der Waals surface area contributed by atoms with Crippen LogP contribution < -0.4 is 10.6 Å². The van der Waals surface area contributed by atoms with Gasteiger partial charge in [-0.05, 0) is 141 Å². The van der Waals surface area contributed by atoms with Crippen LogP contribution in [-0.4, -0.2) is 103 Å². The molecule has 14 nitrogen and oxygen atoms in total. The van der Waals surface area contributed by atoms with Gasteiger partial charge < -0.3 is 48.6 Å². The lowest BCUT2D eigenvalue weighted by Gasteiger charge is -2.18. The molecule has 6 heterocycles. The molecule has 0 aliphatic carbocycles. The molecule has 2 atom stereocenters. The Morgan fingerprint density at radius 2 is 1.04 bits per heavy atom. The van der Waals surface area contributed by atoms with Gasteiger partial charge in [0.05, 0.1) is 35.2 Å². The number of imidazole rings is 2. The zero-order valence-electron chi connectivity index (χ0n) is 32.8. The van der Waals surface area contributed by atoms with Gasteiger partial charge >= 0.3 is 11.9 Å². The molecule has 4 aromatic heterocycles. The van der Waals surface area contributed by atoms with Gasteiger partial charge in [0.1, 0.15) is 23.0 Å². The number of para-hydroxylation sites is 4. The van der Waals surface area contributed by atoms with Crippen molar-refractivity contribution >= 4 is 45.9 Å². The Bertz CT molecular complexity index is 2050. The number of carbonyl (C=O) groups is 2. The van der Waals surface area contributed by atoms with Crippen LogP contribution in [0.3, 0.4) is 0 Å². The molecule has 0 radical (unpaired) electrons. The predicted octanol–water partition coefficient (Wildman–Crippen LogP) is 6.92. The second-order valence-corrected chi connectivity index (χ2v) is 14.8. The van der Waals surface area contributed by atoms with Gasteiger partial charge in [-0.1, -0.05) is 24.3 Å². The van der Waals surface area contributed by atoms with Crippen molar-refractivity contribution in [2.75, 3.05) is 50.9 Å². The molecule has 0 spiro atoms. The summed E-state index contributed by atoms with van der Waals surface area (Å²) in [5, 5.41) is 22.2. The van der Waals surface area contributed by atoms with Crippen LogP contribution in [0.25, 0.3) is 22.1 Å². The highest BCUT2D eigenvalue weighted by molar-refractivity contribution is 6.27. The Hall–Kier alpha value is -5.60. The first-order valence-electron chi connectivity index (χ1n) is 19.4. The van der Waals surface area contributed by atoms with Crippen molar-refractivity contribution < 1.29 is 28.6 Å². The second kappa shape index (κ2) is 18.8. The van der Waals surface area contributed by atoms with E-state index in [1.54, 1.807) is 0 Å². The Labute approximate surface area is 327 Å². The van der Waals surface area contributed by atoms with E-state index >= 15 is 0 Å². The van der Waals surface area contributed by atoms with E-state index in [1.165, 1.54) is 38.8 Å². The lowest BCUT2D eigenvalue weighted by Crippen LogP contribution is -2.24. The first kappa shape index (κ1) is 40.1. The summed E-state index contributed by atoms with van der Waals surface area (Å²) in [6, 6.07) is 25.7. The minimum atomic E-state index is -1.82. The molecule has 14 heteroatoms. The third-order valence-corrected chi connectivity index (χ3v) is 10.3. The highest BCUT2D eigenvalue weighted by Crippen LogP contribution is 2.26. The SMILES string of the molecule is Cc1ccc(Cn2c(NC3CCCN(C)CC3)nc3ccccc32)o1.Cc1ccc(Cn2c(NC3CCCN(C)CC3)nc3ccccc32)o1.O=C(O)C(=O)O. The molecule has 8 rings (SSSR count). The van der Waals surface area contributed by atoms with E-state index < -0.39 is 11.9 Å². The van der Waals surface area contributed by atoms with Crippen molar-refractivity contribution in [3.63, 3.8) is 0 Å². The van der Waals surface area contributed by atoms with Crippen LogP contribution in [0, 0.1) is 13.8 Å². The number of nitrogens with zero attached hydrogens (tertiary/aromatic N) is 6. The van der Waals surface area contributed by atoms with Gasteiger partial charge in [0.25, 0.3) is 0 Å². The van der Waals surface area contributed by atoms with Crippen molar-refractivity contribution in [1.29, 1.82) is 0 Å². The number of aromatic nitrogens is 4. The number of hydrogen-bond acceptors (Lipinski definition) is 10. The van der Waals surface area contributed by atoms with Crippen molar-refractivity contribution in [2.45, 2.75) is 77.5 Å². The maximum Gasteiger partial charge on any atom is 0.414 e. The fourth-order valence-electron chi connectivity index (χ4n) is 7.28. The normalized spacial score (nSPS) is 17.9. The number of furan rings is 2. The van der Waals surface area contributed by atoms with E-state index in [4.69, 9.17) is 38.6 Å². The molecule has 2 aliphatic rings. The van der Waals surface area contributed by atoms with E-state index in [0.29, 0.717) is 25.2 Å². The summed E-state index contributed by atoms with van der Waals surface area (Å²) < 4.78 is 16.1. The van der Waals surface area contributed by atoms with Gasteiger partial charge in [-0.3, -0.25) is 0 Å². The summed E-state index contributed by atoms with van der Waals surface area (Å²) in [5.74, 6) is 2.06. The molecule has 2 unspecified atom stereocenters. The van der Waals surface area contributed by atoms with Crippen LogP contribution in [0.4, 0.5) is 11.9 Å². The molecule has 0 amide bonds. The zero-order chi connectivity index (χ0) is 39.6. The molecule has 56 heavy (non-hydrogen) atoms. The van der Waals surface area contributed by atoms with Crippen LogP contribution >= 0.6 is 0 Å². The molecular weight excluding hydrogens is 713 g/mol. The molecule has 298 valence electrons. The van der Waals surface area contributed by atoms with Crippen LogP contribution in [0.15, 0.2) is 81.6 Å². The number of hydrogen-bond donors (Lipinski definition) is 4. The maximum absolute atomic E-state index is 9.10. The molecule has 2 fully saturated rings. The third kappa shape index (κ3) is 10.8. The standard InChI is InChI=1S/2C20H26N4O.C2H2O4/c2*1-15-9-10-17(25-15)14-24-19-8-4-3-7-18(19)22-20(24)21-16-6-5-12-23(2)13-11-16;3-1(4)2(5)6/h2*3-4,7-10,16H,5-6,11-14H2,1-2H3,(H,21,22);(H,3,4)(H,5,6). The number of nitrogens with one attached hydrogen (secondary N) is 2. The van der Waals surface area contributed by atoms with E-state index in [0.717, 1.165) is 82.9 Å². The summed E-state index contributed by atoms with van der Waals surface area (Å²) in [7, 11) is 4.41. The van der Waals surface area contributed by atoms with E-state index in [2.05, 4.69) is 92.2 Å². The zero-order valence-corrected chi connectivity index (χ0v) is 32.8. The second-order valence-electron chi connectivity index (χ2n) is 14.8. The Kier molecular flexibility index (Phi) is 13.5. The van der Waals surface area contributed by atoms with E-state index in [1.807, 2.05) is 38.1 Å². The molecule has 4 N–H and O–H groups in total. The van der Waals surface area contributed by atoms with Crippen LogP contribution in [0.1, 0.15) is 61.6 Å². The number of aryl methyl sites for hydroxylation is 2. The van der Waals surface area contributed by atoms with Gasteiger partial charge in [0.15, 0.2) is 0 Å². The van der Waals surface area contributed by atoms with Gasteiger partial charge in [-0.2, -0.15) is 0 Å². The number of carboxylic acid groups (broad SMARTS) is 2. The highest BCUT2D eigenvalue weighted by atomic mass is 16.4. The highest BCUT2D eigenvalue weighted by Gasteiger charge is 2.21. The summed E-state index contributed by atoms with van der Waals surface area (Å²) in [6.07, 6.45) is 7.14. The quantitative estimate of drug-likeness (QED) is 0.118. The molecule has 2 saturated heterocycles. The number of rotatable bonds is 8. The largest absolute Gasteiger partial charge is 0.473 e. The topological polar surface area (TPSA) is 167 Å². The van der Waals surface area contributed by atoms with Gasteiger partial charge in [-0.25, -0.2) is 19.6 Å². The molecule has 6 aromatic rings. The van der Waals surface area contributed by atoms with Crippen molar-refractivity contribution in [3.8, 4) is 0 Å². The minimum absolute atomic E-state index is 0.471. The van der Waals surface area contributed by atoms with Gasteiger partial charge in [-0.15, -0.1) is 0 Å². The molecule has 0 bridgehead atoms. The van der Waals surface area contributed by atoms with E-state index in [9.17, 15) is 0 Å². The van der Waals surface area contributed by atoms with Crippen molar-refractivity contribution in [3.05, 3.63) is 95.8 Å². The van der Waals surface area contributed by atoms with Crippen molar-refractivity contribution in [1.82, 2.24) is 28.9 Å². The van der Waals surface area contributed by atoms with Crippen LogP contribution in [-0.2, 0) is 22.7 Å². The summed E-state index contributed by atoms with van der Waals surface area (Å²) in [5.41, 5.74) is 4.34. The van der Waals surface area contributed by atoms with Crippen molar-refractivity contribution in [2.24, 2.45) is 0 Å². The first-order chi connectivity index (χ1) is 27.0. The Morgan fingerprint density at radius 3 is 1.41 bits per heavy atom. The molecule has 2 aliphatic heterocycles. The lowest BCUT2D eigenvalue weighted by atomic mass is 10.1. The monoisotopic (exact) mass is 766 g/mol. The Balaban J connectivity index is 0.000000166. The minimum Gasteiger partial charge on any atom is -0.473 e. The number of anilines is 2. The van der Waals surface area contributed by atoms with Crippen LogP contribution in [0.5, 0.6) is 0 Å². The van der Waals surface area contributed by atoms with E-state index in [-0.39, 0.29) is 0 Å². The fourth-order valence-corrected chi connectivity index (χ4v) is 7.28. The summed E-state index contributed by atoms with van der Waals surface area (Å²) in [6.45, 7) is 9.99. The Morgan fingerprint density at radius 1 is 0.625 bits per heavy atom. The predicted molar refractivity (Wildman–Crippen MR) is 217 cm³/mol. The smallest absolute Gasteiger partial charge is 0.414 e. The number of benzene rings is 2. The maximum atomic E-state index is 9.10. The number of fused-ring (bicyclic) bond motifs is 2. The fraction of sp³-hybridized carbons (Fsp3) is 0.429. The van der Waals surface area contributed by atoms with Gasteiger partial charge in [0, 0.05) is 12.1 Å². The number of likely N-dealkylation sites (tertiary alicyclic amines) is 2. The number of aliphatic carboxylic acids is 2. The molecule has 2 aromatic carbocycles. The number of carboxylic acids is 2. The first-order valence-corrected chi connectivity index (χ1v) is 19.4. The summed E-state index contributed by atoms with van der Waals surface area (Å²) in [4.78, 5) is 32.7. The molecular formula is C42H54N8O6. The molecule has 0 saturated carbocycles. The summed E-state index contributed by atoms with van der Waals surface area (Å²) >= 11 is 0.